The van der Waals surface area contributed by atoms with Crippen LogP contribution in [0.25, 0.3) is 0 Å². The van der Waals surface area contributed by atoms with Gasteiger partial charge in [-0.3, -0.25) is 4.79 Å². The van der Waals surface area contributed by atoms with E-state index in [-0.39, 0.29) is 17.7 Å². The highest BCUT2D eigenvalue weighted by molar-refractivity contribution is 6.30. The lowest BCUT2D eigenvalue weighted by molar-refractivity contribution is -0.125. The Labute approximate surface area is 114 Å². The van der Waals surface area contributed by atoms with E-state index >= 15 is 0 Å². The quantitative estimate of drug-likeness (QED) is 0.831. The van der Waals surface area contributed by atoms with Crippen molar-refractivity contribution in [1.29, 1.82) is 0 Å². The Balaban J connectivity index is 2.40. The van der Waals surface area contributed by atoms with Gasteiger partial charge in [0.2, 0.25) is 5.91 Å². The van der Waals surface area contributed by atoms with Gasteiger partial charge in [-0.2, -0.15) is 0 Å². The van der Waals surface area contributed by atoms with Crippen LogP contribution in [0.15, 0.2) is 24.3 Å². The van der Waals surface area contributed by atoms with Gasteiger partial charge >= 0.3 is 0 Å². The second-order valence-electron chi connectivity index (χ2n) is 4.76. The van der Waals surface area contributed by atoms with Gasteiger partial charge in [-0.1, -0.05) is 37.6 Å². The van der Waals surface area contributed by atoms with Crippen LogP contribution in [0.2, 0.25) is 5.02 Å². The van der Waals surface area contributed by atoms with Crippen molar-refractivity contribution < 1.29 is 4.79 Å². The number of amides is 1. The third-order valence-electron chi connectivity index (χ3n) is 3.00. The van der Waals surface area contributed by atoms with Gasteiger partial charge < -0.3 is 11.1 Å². The Hall–Kier alpha value is -1.06. The molecule has 1 unspecified atom stereocenters. The van der Waals surface area contributed by atoms with E-state index < -0.39 is 0 Å². The fourth-order valence-corrected chi connectivity index (χ4v) is 2.05. The summed E-state index contributed by atoms with van der Waals surface area (Å²) in [5, 5.41) is 3.64. The van der Waals surface area contributed by atoms with Gasteiger partial charge in [0.05, 0.1) is 5.92 Å². The van der Waals surface area contributed by atoms with Gasteiger partial charge in [-0.25, -0.2) is 0 Å². The smallest absolute Gasteiger partial charge is 0.224 e. The van der Waals surface area contributed by atoms with Crippen LogP contribution in [0.3, 0.4) is 0 Å². The van der Waals surface area contributed by atoms with Crippen molar-refractivity contribution in [1.82, 2.24) is 5.32 Å². The van der Waals surface area contributed by atoms with Gasteiger partial charge in [0, 0.05) is 18.1 Å². The molecule has 0 bridgehead atoms. The molecular weight excluding hydrogens is 248 g/mol. The lowest BCUT2D eigenvalue weighted by Crippen LogP contribution is -2.38. The predicted octanol–water partition coefficient (Wildman–Crippen LogP) is 2.23. The summed E-state index contributed by atoms with van der Waals surface area (Å²) in [7, 11) is 0. The topological polar surface area (TPSA) is 55.1 Å². The van der Waals surface area contributed by atoms with Crippen molar-refractivity contribution in [2.75, 3.05) is 13.1 Å². The molecule has 0 heterocycles. The first-order chi connectivity index (χ1) is 8.54. The summed E-state index contributed by atoms with van der Waals surface area (Å²) in [4.78, 5) is 11.9. The molecule has 1 rings (SSSR count). The number of benzene rings is 1. The molecule has 0 saturated carbocycles. The first-order valence-corrected chi connectivity index (χ1v) is 6.64. The van der Waals surface area contributed by atoms with Crippen LogP contribution in [-0.4, -0.2) is 19.0 Å². The summed E-state index contributed by atoms with van der Waals surface area (Å²) in [6, 6.07) is 7.67. The molecule has 0 radical (unpaired) electrons. The van der Waals surface area contributed by atoms with Gasteiger partial charge in [0.15, 0.2) is 0 Å². The van der Waals surface area contributed by atoms with Crippen molar-refractivity contribution >= 4 is 17.5 Å². The highest BCUT2D eigenvalue weighted by Gasteiger charge is 2.19. The number of carbonyl (C=O) groups excluding carboxylic acids is 1. The number of nitrogens with one attached hydrogen (secondary N) is 1. The third-order valence-corrected chi connectivity index (χ3v) is 3.23. The minimum Gasteiger partial charge on any atom is -0.355 e. The molecule has 1 aromatic rings. The molecule has 4 heteroatoms. The number of nitrogens with two attached hydrogens (primary N) is 1. The fourth-order valence-electron chi connectivity index (χ4n) is 1.84. The maximum Gasteiger partial charge on any atom is 0.224 e. The standard InChI is InChI=1S/C14H21ClN2O/c1-10(2)13(9-16)14(18)17-7-6-11-4-3-5-12(15)8-11/h3-5,8,10,13H,6-7,9,16H2,1-2H3,(H,17,18). The molecule has 100 valence electrons. The van der Waals surface area contributed by atoms with E-state index in [9.17, 15) is 4.79 Å². The van der Waals surface area contributed by atoms with Crippen molar-refractivity contribution in [2.45, 2.75) is 20.3 Å². The Morgan fingerprint density at radius 2 is 2.17 bits per heavy atom. The van der Waals surface area contributed by atoms with Crippen molar-refractivity contribution in [2.24, 2.45) is 17.6 Å². The predicted molar refractivity (Wildman–Crippen MR) is 75.5 cm³/mol. The Bertz CT molecular complexity index is 393. The zero-order valence-electron chi connectivity index (χ0n) is 10.9. The van der Waals surface area contributed by atoms with Crippen molar-refractivity contribution in [3.8, 4) is 0 Å². The highest BCUT2D eigenvalue weighted by Crippen LogP contribution is 2.11. The zero-order chi connectivity index (χ0) is 13.5. The SMILES string of the molecule is CC(C)C(CN)C(=O)NCCc1cccc(Cl)c1. The van der Waals surface area contributed by atoms with Crippen LogP contribution in [0.1, 0.15) is 19.4 Å². The summed E-state index contributed by atoms with van der Waals surface area (Å²) in [5.74, 6) is 0.194. The average Bonchev–Trinajstić information content (AvgIpc) is 2.29. The van der Waals surface area contributed by atoms with E-state index in [2.05, 4.69) is 5.32 Å². The molecule has 0 saturated heterocycles. The number of halogens is 1. The van der Waals surface area contributed by atoms with Gasteiger partial charge in [-0.15, -0.1) is 0 Å². The van der Waals surface area contributed by atoms with Crippen molar-refractivity contribution in [3.05, 3.63) is 34.9 Å². The Kier molecular flexibility index (Phi) is 6.16. The lowest BCUT2D eigenvalue weighted by atomic mass is 9.95. The van der Waals surface area contributed by atoms with E-state index in [0.717, 1.165) is 17.0 Å². The molecule has 0 aliphatic heterocycles. The van der Waals surface area contributed by atoms with E-state index in [0.29, 0.717) is 13.1 Å². The number of rotatable bonds is 6. The first kappa shape index (κ1) is 15.0. The van der Waals surface area contributed by atoms with Crippen LogP contribution in [0.5, 0.6) is 0 Å². The fraction of sp³-hybridized carbons (Fsp3) is 0.500. The minimum absolute atomic E-state index is 0.0366. The molecule has 0 aliphatic carbocycles. The van der Waals surface area contributed by atoms with Gasteiger partial charge in [0.1, 0.15) is 0 Å². The van der Waals surface area contributed by atoms with E-state index in [1.807, 2.05) is 38.1 Å². The van der Waals surface area contributed by atoms with Crippen LogP contribution in [-0.2, 0) is 11.2 Å². The summed E-state index contributed by atoms with van der Waals surface area (Å²) in [5.41, 5.74) is 6.72. The summed E-state index contributed by atoms with van der Waals surface area (Å²) < 4.78 is 0. The van der Waals surface area contributed by atoms with E-state index in [4.69, 9.17) is 17.3 Å². The first-order valence-electron chi connectivity index (χ1n) is 6.26. The minimum atomic E-state index is -0.107. The second kappa shape index (κ2) is 7.39. The summed E-state index contributed by atoms with van der Waals surface area (Å²) >= 11 is 5.90. The van der Waals surface area contributed by atoms with Crippen LogP contribution >= 0.6 is 11.6 Å². The molecule has 1 amide bonds. The molecule has 0 aromatic heterocycles. The lowest BCUT2D eigenvalue weighted by Gasteiger charge is -2.18. The average molecular weight is 269 g/mol. The molecule has 0 spiro atoms. The second-order valence-corrected chi connectivity index (χ2v) is 5.19. The molecule has 0 fully saturated rings. The Morgan fingerprint density at radius 3 is 2.72 bits per heavy atom. The Morgan fingerprint density at radius 1 is 1.44 bits per heavy atom. The van der Waals surface area contributed by atoms with Crippen molar-refractivity contribution in [3.63, 3.8) is 0 Å². The summed E-state index contributed by atoms with van der Waals surface area (Å²) in [6.45, 7) is 5.02. The van der Waals surface area contributed by atoms with Crippen LogP contribution in [0.4, 0.5) is 0 Å². The largest absolute Gasteiger partial charge is 0.355 e. The number of hydrogen-bond donors (Lipinski definition) is 2. The molecule has 3 N–H and O–H groups in total. The highest BCUT2D eigenvalue weighted by atomic mass is 35.5. The van der Waals surface area contributed by atoms with Gasteiger partial charge in [-0.05, 0) is 30.0 Å². The molecule has 0 aliphatic rings. The maximum absolute atomic E-state index is 11.9. The summed E-state index contributed by atoms with van der Waals surface area (Å²) in [6.07, 6.45) is 0.779. The number of hydrogen-bond acceptors (Lipinski definition) is 2. The number of carbonyl (C=O) groups is 1. The van der Waals surface area contributed by atoms with Crippen LogP contribution in [0, 0.1) is 11.8 Å². The maximum atomic E-state index is 11.9. The zero-order valence-corrected chi connectivity index (χ0v) is 11.7. The monoisotopic (exact) mass is 268 g/mol. The molecule has 1 atom stereocenters. The molecule has 3 nitrogen and oxygen atoms in total. The normalized spacial score (nSPS) is 12.5. The molecular formula is C14H21ClN2O. The third kappa shape index (κ3) is 4.67. The molecule has 1 aromatic carbocycles. The van der Waals surface area contributed by atoms with Crippen LogP contribution < -0.4 is 11.1 Å². The molecule has 18 heavy (non-hydrogen) atoms. The van der Waals surface area contributed by atoms with Gasteiger partial charge in [0.25, 0.3) is 0 Å². The van der Waals surface area contributed by atoms with E-state index in [1.165, 1.54) is 0 Å². The van der Waals surface area contributed by atoms with E-state index in [1.54, 1.807) is 0 Å².